The van der Waals surface area contributed by atoms with E-state index >= 15 is 0 Å². The highest BCUT2D eigenvalue weighted by molar-refractivity contribution is 5.89. The lowest BCUT2D eigenvalue weighted by Gasteiger charge is -2.15. The fourth-order valence-corrected chi connectivity index (χ4v) is 2.36. The van der Waals surface area contributed by atoms with Crippen LogP contribution in [0.1, 0.15) is 11.1 Å². The molecule has 1 atom stereocenters. The third kappa shape index (κ3) is 5.41. The maximum absolute atomic E-state index is 12.1. The van der Waals surface area contributed by atoms with Gasteiger partial charge in [0.05, 0.1) is 14.2 Å². The van der Waals surface area contributed by atoms with E-state index in [2.05, 4.69) is 4.74 Å². The predicted octanol–water partition coefficient (Wildman–Crippen LogP) is 2.15. The van der Waals surface area contributed by atoms with Crippen LogP contribution in [0.25, 0.3) is 6.08 Å². The number of carbonyl (C=O) groups excluding carboxylic acids is 2. The van der Waals surface area contributed by atoms with Crippen molar-refractivity contribution in [2.45, 2.75) is 12.5 Å². The summed E-state index contributed by atoms with van der Waals surface area (Å²) in [5.74, 6) is -1.98. The van der Waals surface area contributed by atoms with Gasteiger partial charge in [0.25, 0.3) is 0 Å². The van der Waals surface area contributed by atoms with Gasteiger partial charge < -0.3 is 29.5 Å². The largest absolute Gasteiger partial charge is 0.504 e. The van der Waals surface area contributed by atoms with Crippen LogP contribution >= 0.6 is 0 Å². The van der Waals surface area contributed by atoms with Gasteiger partial charge in [-0.1, -0.05) is 12.1 Å². The van der Waals surface area contributed by atoms with Crippen molar-refractivity contribution in [3.63, 3.8) is 0 Å². The lowest BCUT2D eigenvalue weighted by Crippen LogP contribution is -2.30. The molecule has 0 bridgehead atoms. The third-order valence-electron chi connectivity index (χ3n) is 3.80. The highest BCUT2D eigenvalue weighted by Gasteiger charge is 2.24. The molecule has 2 aromatic carbocycles. The van der Waals surface area contributed by atoms with Crippen molar-refractivity contribution in [3.05, 3.63) is 53.6 Å². The number of phenolic OH excluding ortho intramolecular Hbond substituents is 3. The minimum absolute atomic E-state index is 0.0168. The summed E-state index contributed by atoms with van der Waals surface area (Å²) < 4.78 is 14.9. The van der Waals surface area contributed by atoms with Crippen LogP contribution in [-0.4, -0.2) is 47.6 Å². The lowest BCUT2D eigenvalue weighted by molar-refractivity contribution is -0.162. The Morgan fingerprint density at radius 2 is 1.71 bits per heavy atom. The second-order valence-electron chi connectivity index (χ2n) is 5.74. The molecule has 2 aromatic rings. The van der Waals surface area contributed by atoms with E-state index in [9.17, 15) is 24.9 Å². The van der Waals surface area contributed by atoms with E-state index in [0.717, 1.165) is 6.08 Å². The Kier molecular flexibility index (Phi) is 6.86. The Labute approximate surface area is 161 Å². The van der Waals surface area contributed by atoms with Gasteiger partial charge in [0, 0.05) is 12.5 Å². The average molecular weight is 388 g/mol. The zero-order valence-electron chi connectivity index (χ0n) is 15.3. The quantitative estimate of drug-likeness (QED) is 0.375. The van der Waals surface area contributed by atoms with E-state index in [1.807, 2.05) is 0 Å². The summed E-state index contributed by atoms with van der Waals surface area (Å²) in [4.78, 5) is 24.0. The summed E-state index contributed by atoms with van der Waals surface area (Å²) in [6, 6.07) is 8.52. The molecule has 28 heavy (non-hydrogen) atoms. The predicted molar refractivity (Wildman–Crippen MR) is 99.1 cm³/mol. The number of ether oxygens (including phenoxy) is 3. The van der Waals surface area contributed by atoms with Crippen LogP contribution in [-0.2, 0) is 25.5 Å². The Morgan fingerprint density at radius 1 is 1.00 bits per heavy atom. The second kappa shape index (κ2) is 9.31. The number of phenols is 3. The summed E-state index contributed by atoms with van der Waals surface area (Å²) in [7, 11) is 2.57. The van der Waals surface area contributed by atoms with Gasteiger partial charge in [-0.15, -0.1) is 0 Å². The lowest BCUT2D eigenvalue weighted by atomic mass is 10.1. The van der Waals surface area contributed by atoms with E-state index in [-0.39, 0.29) is 29.4 Å². The Morgan fingerprint density at radius 3 is 2.36 bits per heavy atom. The van der Waals surface area contributed by atoms with Crippen LogP contribution in [0.2, 0.25) is 0 Å². The van der Waals surface area contributed by atoms with Crippen molar-refractivity contribution in [1.29, 1.82) is 0 Å². The van der Waals surface area contributed by atoms with Gasteiger partial charge in [0.2, 0.25) is 6.10 Å². The minimum atomic E-state index is -1.20. The minimum Gasteiger partial charge on any atom is -0.504 e. The summed E-state index contributed by atoms with van der Waals surface area (Å²) in [5, 5.41) is 28.4. The first-order valence-electron chi connectivity index (χ1n) is 8.18. The van der Waals surface area contributed by atoms with Crippen molar-refractivity contribution in [3.8, 4) is 23.0 Å². The first-order chi connectivity index (χ1) is 13.3. The molecular formula is C20H20O8. The third-order valence-corrected chi connectivity index (χ3v) is 3.80. The van der Waals surface area contributed by atoms with Crippen LogP contribution in [0.5, 0.6) is 23.0 Å². The number of benzene rings is 2. The SMILES string of the molecule is COC(=O)C(Cc1ccc(O)c(OC)c1)OC(=O)/C=C/c1ccc(O)c(O)c1. The van der Waals surface area contributed by atoms with Crippen molar-refractivity contribution in [1.82, 2.24) is 0 Å². The zero-order chi connectivity index (χ0) is 20.7. The molecule has 8 nitrogen and oxygen atoms in total. The number of esters is 2. The zero-order valence-corrected chi connectivity index (χ0v) is 15.3. The molecule has 2 rings (SSSR count). The molecule has 148 valence electrons. The maximum atomic E-state index is 12.1. The van der Waals surface area contributed by atoms with Gasteiger partial charge in [0.15, 0.2) is 23.0 Å². The monoisotopic (exact) mass is 388 g/mol. The summed E-state index contributed by atoms with van der Waals surface area (Å²) in [6.45, 7) is 0. The van der Waals surface area contributed by atoms with Crippen molar-refractivity contribution >= 4 is 18.0 Å². The van der Waals surface area contributed by atoms with Gasteiger partial charge in [-0.25, -0.2) is 9.59 Å². The molecule has 1 unspecified atom stereocenters. The van der Waals surface area contributed by atoms with Crippen molar-refractivity contribution < 1.29 is 39.1 Å². The van der Waals surface area contributed by atoms with Crippen LogP contribution in [0.15, 0.2) is 42.5 Å². The molecule has 8 heteroatoms. The molecule has 0 fully saturated rings. The highest BCUT2D eigenvalue weighted by Crippen LogP contribution is 2.27. The molecule has 0 saturated carbocycles. The summed E-state index contributed by atoms with van der Waals surface area (Å²) in [6.07, 6.45) is 1.26. The van der Waals surface area contributed by atoms with Gasteiger partial charge in [-0.3, -0.25) is 0 Å². The van der Waals surface area contributed by atoms with Crippen LogP contribution < -0.4 is 4.74 Å². The first kappa shape index (κ1) is 20.6. The summed E-state index contributed by atoms with van der Waals surface area (Å²) >= 11 is 0. The van der Waals surface area contributed by atoms with Crippen LogP contribution in [0, 0.1) is 0 Å². The van der Waals surface area contributed by atoms with Gasteiger partial charge in [0.1, 0.15) is 0 Å². The fraction of sp³-hybridized carbons (Fsp3) is 0.200. The van der Waals surface area contributed by atoms with Gasteiger partial charge >= 0.3 is 11.9 Å². The second-order valence-corrected chi connectivity index (χ2v) is 5.74. The number of hydrogen-bond acceptors (Lipinski definition) is 8. The van der Waals surface area contributed by atoms with E-state index in [1.165, 1.54) is 50.6 Å². The van der Waals surface area contributed by atoms with Crippen LogP contribution in [0.3, 0.4) is 0 Å². The number of carbonyl (C=O) groups is 2. The molecule has 0 amide bonds. The molecule has 0 aliphatic carbocycles. The smallest absolute Gasteiger partial charge is 0.347 e. The normalized spacial score (nSPS) is 11.8. The van der Waals surface area contributed by atoms with Gasteiger partial charge in [-0.2, -0.15) is 0 Å². The average Bonchev–Trinajstić information content (AvgIpc) is 2.69. The molecule has 0 spiro atoms. The molecule has 0 heterocycles. The van der Waals surface area contributed by atoms with E-state index in [1.54, 1.807) is 6.07 Å². The standard InChI is InChI=1S/C20H20O8/c1-26-17-10-13(4-7-15(17)22)11-18(20(25)27-2)28-19(24)8-5-12-3-6-14(21)16(23)9-12/h3-10,18,21-23H,11H2,1-2H3/b8-5+. The molecule has 3 N–H and O–H groups in total. The highest BCUT2D eigenvalue weighted by atomic mass is 16.6. The topological polar surface area (TPSA) is 123 Å². The number of hydrogen-bond donors (Lipinski definition) is 3. The Hall–Kier alpha value is -3.68. The van der Waals surface area contributed by atoms with Crippen molar-refractivity contribution in [2.24, 2.45) is 0 Å². The number of aromatic hydroxyl groups is 3. The van der Waals surface area contributed by atoms with Crippen LogP contribution in [0.4, 0.5) is 0 Å². The van der Waals surface area contributed by atoms with Crippen molar-refractivity contribution in [2.75, 3.05) is 14.2 Å². The first-order valence-corrected chi connectivity index (χ1v) is 8.18. The van der Waals surface area contributed by atoms with E-state index < -0.39 is 18.0 Å². The molecule has 0 radical (unpaired) electrons. The molecule has 0 aromatic heterocycles. The molecular weight excluding hydrogens is 368 g/mol. The maximum Gasteiger partial charge on any atom is 0.347 e. The molecule has 0 saturated heterocycles. The Bertz CT molecular complexity index is 888. The van der Waals surface area contributed by atoms with E-state index in [0.29, 0.717) is 11.1 Å². The molecule has 0 aliphatic heterocycles. The number of rotatable bonds is 7. The Balaban J connectivity index is 2.10. The van der Waals surface area contributed by atoms with E-state index in [4.69, 9.17) is 9.47 Å². The molecule has 0 aliphatic rings. The van der Waals surface area contributed by atoms with Gasteiger partial charge in [-0.05, 0) is 41.5 Å². The summed E-state index contributed by atoms with van der Waals surface area (Å²) in [5.41, 5.74) is 1.04. The fourth-order valence-electron chi connectivity index (χ4n) is 2.36. The number of methoxy groups -OCH3 is 2.